The van der Waals surface area contributed by atoms with Crippen LogP contribution in [0.3, 0.4) is 0 Å². The van der Waals surface area contributed by atoms with Gasteiger partial charge >= 0.3 is 0 Å². The Kier molecular flexibility index (Phi) is 5.87. The molecule has 1 aliphatic rings. The Morgan fingerprint density at radius 1 is 1.31 bits per heavy atom. The van der Waals surface area contributed by atoms with Crippen molar-refractivity contribution >= 4 is 11.7 Å². The van der Waals surface area contributed by atoms with Crippen molar-refractivity contribution in [2.45, 2.75) is 25.4 Å². The number of carbonyl (C=O) groups is 1. The molecule has 0 bridgehead atoms. The van der Waals surface area contributed by atoms with Gasteiger partial charge in [-0.15, -0.1) is 0 Å². The van der Waals surface area contributed by atoms with Gasteiger partial charge in [0.25, 0.3) is 5.91 Å². The normalized spacial score (nSPS) is 16.8. The summed E-state index contributed by atoms with van der Waals surface area (Å²) in [5, 5.41) is 6.77. The molecule has 1 saturated heterocycles. The van der Waals surface area contributed by atoms with E-state index in [-0.39, 0.29) is 18.6 Å². The maximum Gasteiger partial charge on any atom is 0.251 e. The fraction of sp³-hybridized carbons (Fsp3) is 0.350. The number of nitrogens with one attached hydrogen (secondary N) is 1. The number of hydrogen-bond acceptors (Lipinski definition) is 8. The molecule has 4 heterocycles. The van der Waals surface area contributed by atoms with Crippen LogP contribution in [-0.4, -0.2) is 51.2 Å². The van der Waals surface area contributed by atoms with Crippen LogP contribution in [0.2, 0.25) is 0 Å². The highest BCUT2D eigenvalue weighted by Crippen LogP contribution is 2.33. The summed E-state index contributed by atoms with van der Waals surface area (Å²) in [6.07, 6.45) is 5.46. The van der Waals surface area contributed by atoms with Gasteiger partial charge in [-0.2, -0.15) is 4.98 Å². The lowest BCUT2D eigenvalue weighted by Crippen LogP contribution is -2.23. The van der Waals surface area contributed by atoms with Gasteiger partial charge < -0.3 is 14.6 Å². The van der Waals surface area contributed by atoms with Gasteiger partial charge in [0.2, 0.25) is 11.7 Å². The molecule has 1 aliphatic heterocycles. The Balaban J connectivity index is 1.44. The van der Waals surface area contributed by atoms with E-state index in [1.165, 1.54) is 7.11 Å². The van der Waals surface area contributed by atoms with Gasteiger partial charge in [-0.1, -0.05) is 11.2 Å². The fourth-order valence-corrected chi connectivity index (χ4v) is 3.39. The van der Waals surface area contributed by atoms with E-state index in [0.717, 1.165) is 37.2 Å². The van der Waals surface area contributed by atoms with Gasteiger partial charge in [-0.05, 0) is 43.7 Å². The monoisotopic (exact) mass is 394 g/mol. The van der Waals surface area contributed by atoms with Crippen molar-refractivity contribution in [1.29, 1.82) is 0 Å². The van der Waals surface area contributed by atoms with E-state index < -0.39 is 0 Å². The number of methoxy groups -OCH3 is 1. The number of hydrogen-bond donors (Lipinski definition) is 1. The Labute approximate surface area is 168 Å². The lowest BCUT2D eigenvalue weighted by molar-refractivity contribution is -0.119. The Morgan fingerprint density at radius 2 is 2.24 bits per heavy atom. The van der Waals surface area contributed by atoms with Gasteiger partial charge in [0.1, 0.15) is 12.4 Å². The van der Waals surface area contributed by atoms with Crippen LogP contribution < -0.4 is 5.32 Å². The molecule has 1 fully saturated rings. The maximum absolute atomic E-state index is 11.6. The first-order valence-corrected chi connectivity index (χ1v) is 9.45. The molecule has 3 aromatic heterocycles. The number of carbonyl (C=O) groups excluding carboxylic acids is 1. The SMILES string of the molecule is COCC(=O)Nc1ccc(-c2noc(C3CCCN3Cc3ccccn3)n2)cn1. The number of ether oxygens (including phenoxy) is 1. The average molecular weight is 394 g/mol. The van der Waals surface area contributed by atoms with E-state index >= 15 is 0 Å². The molecule has 9 nitrogen and oxygen atoms in total. The van der Waals surface area contributed by atoms with Crippen molar-refractivity contribution < 1.29 is 14.1 Å². The summed E-state index contributed by atoms with van der Waals surface area (Å²) in [7, 11) is 1.46. The lowest BCUT2D eigenvalue weighted by Gasteiger charge is -2.20. The predicted molar refractivity (Wildman–Crippen MR) is 105 cm³/mol. The molecule has 3 aromatic rings. The van der Waals surface area contributed by atoms with Crippen LogP contribution >= 0.6 is 0 Å². The van der Waals surface area contributed by atoms with Crippen LogP contribution in [-0.2, 0) is 16.1 Å². The maximum atomic E-state index is 11.6. The quantitative estimate of drug-likeness (QED) is 0.651. The summed E-state index contributed by atoms with van der Waals surface area (Å²) >= 11 is 0. The first-order valence-electron chi connectivity index (χ1n) is 9.45. The Morgan fingerprint density at radius 3 is 3.00 bits per heavy atom. The van der Waals surface area contributed by atoms with Crippen LogP contribution in [0.25, 0.3) is 11.4 Å². The van der Waals surface area contributed by atoms with E-state index in [1.807, 2.05) is 18.2 Å². The molecule has 0 aromatic carbocycles. The van der Waals surface area contributed by atoms with Crippen molar-refractivity contribution in [2.75, 3.05) is 25.6 Å². The topological polar surface area (TPSA) is 106 Å². The first-order chi connectivity index (χ1) is 14.2. The largest absolute Gasteiger partial charge is 0.375 e. The highest BCUT2D eigenvalue weighted by molar-refractivity contribution is 5.90. The fourth-order valence-electron chi connectivity index (χ4n) is 3.39. The second-order valence-electron chi connectivity index (χ2n) is 6.82. The minimum absolute atomic E-state index is 0.0198. The van der Waals surface area contributed by atoms with Crippen LogP contribution in [0.15, 0.2) is 47.2 Å². The Bertz CT molecular complexity index is 944. The van der Waals surface area contributed by atoms with Crippen molar-refractivity contribution in [1.82, 2.24) is 25.0 Å². The van der Waals surface area contributed by atoms with Gasteiger partial charge in [-0.3, -0.25) is 14.7 Å². The molecular formula is C20H22N6O3. The molecule has 0 radical (unpaired) electrons. The molecule has 1 amide bonds. The van der Waals surface area contributed by atoms with E-state index in [0.29, 0.717) is 17.5 Å². The summed E-state index contributed by atoms with van der Waals surface area (Å²) in [5.74, 6) is 1.26. The molecule has 1 N–H and O–H groups in total. The van der Waals surface area contributed by atoms with Crippen LogP contribution in [0.1, 0.15) is 30.5 Å². The second kappa shape index (κ2) is 8.89. The lowest BCUT2D eigenvalue weighted by atomic mass is 10.2. The number of pyridine rings is 2. The molecule has 0 saturated carbocycles. The van der Waals surface area contributed by atoms with E-state index in [2.05, 4.69) is 30.3 Å². The van der Waals surface area contributed by atoms with Crippen molar-refractivity contribution in [2.24, 2.45) is 0 Å². The van der Waals surface area contributed by atoms with E-state index in [4.69, 9.17) is 9.26 Å². The summed E-state index contributed by atoms with van der Waals surface area (Å²) in [6, 6.07) is 9.50. The molecule has 29 heavy (non-hydrogen) atoms. The zero-order valence-electron chi connectivity index (χ0n) is 16.1. The van der Waals surface area contributed by atoms with Gasteiger partial charge in [0.15, 0.2) is 0 Å². The zero-order valence-corrected chi connectivity index (χ0v) is 16.1. The molecule has 150 valence electrons. The van der Waals surface area contributed by atoms with Crippen LogP contribution in [0, 0.1) is 0 Å². The summed E-state index contributed by atoms with van der Waals surface area (Å²) in [6.45, 7) is 1.70. The number of anilines is 1. The first kappa shape index (κ1) is 19.2. The average Bonchev–Trinajstić information content (AvgIpc) is 3.39. The van der Waals surface area contributed by atoms with Gasteiger partial charge in [0, 0.05) is 31.6 Å². The molecule has 1 unspecified atom stereocenters. The highest BCUT2D eigenvalue weighted by atomic mass is 16.5. The second-order valence-corrected chi connectivity index (χ2v) is 6.82. The van der Waals surface area contributed by atoms with Crippen molar-refractivity contribution in [3.8, 4) is 11.4 Å². The molecule has 9 heteroatoms. The standard InChI is InChI=1S/C20H22N6O3/c1-28-13-18(27)23-17-8-7-14(11-22-17)19-24-20(29-25-19)16-6-4-10-26(16)12-15-5-2-3-9-21-15/h2-3,5,7-9,11,16H,4,6,10,12-13H2,1H3,(H,22,23,27). The van der Waals surface area contributed by atoms with Crippen LogP contribution in [0.4, 0.5) is 5.82 Å². The van der Waals surface area contributed by atoms with Crippen LogP contribution in [0.5, 0.6) is 0 Å². The van der Waals surface area contributed by atoms with Gasteiger partial charge in [-0.25, -0.2) is 4.98 Å². The summed E-state index contributed by atoms with van der Waals surface area (Å²) in [4.78, 5) is 27.1. The molecule has 0 spiro atoms. The molecule has 1 atom stereocenters. The smallest absolute Gasteiger partial charge is 0.251 e. The minimum Gasteiger partial charge on any atom is -0.375 e. The third kappa shape index (κ3) is 4.64. The molecule has 0 aliphatic carbocycles. The third-order valence-corrected chi connectivity index (χ3v) is 4.75. The van der Waals surface area contributed by atoms with Crippen molar-refractivity contribution in [3.05, 3.63) is 54.3 Å². The number of aromatic nitrogens is 4. The predicted octanol–water partition coefficient (Wildman–Crippen LogP) is 2.45. The molecule has 4 rings (SSSR count). The third-order valence-electron chi connectivity index (χ3n) is 4.75. The number of amides is 1. The Hall–Kier alpha value is -3.17. The number of rotatable bonds is 7. The van der Waals surface area contributed by atoms with E-state index in [1.54, 1.807) is 24.5 Å². The highest BCUT2D eigenvalue weighted by Gasteiger charge is 2.31. The number of nitrogens with zero attached hydrogens (tertiary/aromatic N) is 5. The van der Waals surface area contributed by atoms with E-state index in [9.17, 15) is 4.79 Å². The summed E-state index contributed by atoms with van der Waals surface area (Å²) < 4.78 is 10.3. The zero-order chi connectivity index (χ0) is 20.1. The summed E-state index contributed by atoms with van der Waals surface area (Å²) in [5.41, 5.74) is 1.74. The minimum atomic E-state index is -0.260. The molecular weight excluding hydrogens is 372 g/mol. The van der Waals surface area contributed by atoms with Gasteiger partial charge in [0.05, 0.1) is 11.7 Å². The number of likely N-dealkylation sites (tertiary alicyclic amines) is 1. The van der Waals surface area contributed by atoms with Crippen molar-refractivity contribution in [3.63, 3.8) is 0 Å².